The molecule has 158 valence electrons. The molecule has 0 atom stereocenters. The molecule has 29 heavy (non-hydrogen) atoms. The van der Waals surface area contributed by atoms with Crippen LogP contribution >= 0.6 is 0 Å². The van der Waals surface area contributed by atoms with E-state index < -0.39 is 0 Å². The van der Waals surface area contributed by atoms with Gasteiger partial charge in [-0.2, -0.15) is 0 Å². The highest BCUT2D eigenvalue weighted by Gasteiger charge is 2.09. The molecule has 0 aromatic heterocycles. The molecular formula is C24H33NO4. The molecule has 0 fully saturated rings. The van der Waals surface area contributed by atoms with Crippen molar-refractivity contribution in [3.63, 3.8) is 0 Å². The standard InChI is InChI=1S/C24H33NO4/c1-3-4-5-6-15-27-16-17-28-18-19-29-23-13-9-21(10-14-23)24(26)20-7-11-22(25-2)12-8-20/h7-14,25H,3-6,15-19H2,1-2H3. The van der Waals surface area contributed by atoms with Crippen LogP contribution in [0.2, 0.25) is 0 Å². The lowest BCUT2D eigenvalue weighted by Crippen LogP contribution is -2.11. The smallest absolute Gasteiger partial charge is 0.193 e. The monoisotopic (exact) mass is 399 g/mol. The second-order valence-electron chi connectivity index (χ2n) is 6.81. The number of carbonyl (C=O) groups excluding carboxylic acids is 1. The van der Waals surface area contributed by atoms with E-state index in [0.29, 0.717) is 37.6 Å². The first kappa shape index (κ1) is 22.9. The Bertz CT molecular complexity index is 698. The van der Waals surface area contributed by atoms with Gasteiger partial charge >= 0.3 is 0 Å². The van der Waals surface area contributed by atoms with E-state index in [-0.39, 0.29) is 5.78 Å². The van der Waals surface area contributed by atoms with Crippen molar-refractivity contribution in [1.29, 1.82) is 0 Å². The summed E-state index contributed by atoms with van der Waals surface area (Å²) in [6, 6.07) is 14.6. The number of benzene rings is 2. The highest BCUT2D eigenvalue weighted by Crippen LogP contribution is 2.17. The number of ether oxygens (including phenoxy) is 3. The topological polar surface area (TPSA) is 56.8 Å². The number of unbranched alkanes of at least 4 members (excludes halogenated alkanes) is 3. The Labute approximate surface area is 174 Å². The molecule has 1 N–H and O–H groups in total. The summed E-state index contributed by atoms with van der Waals surface area (Å²) in [4.78, 5) is 12.5. The molecule has 0 bridgehead atoms. The van der Waals surface area contributed by atoms with E-state index in [1.807, 2.05) is 43.4 Å². The lowest BCUT2D eigenvalue weighted by Gasteiger charge is -2.09. The zero-order valence-corrected chi connectivity index (χ0v) is 17.6. The number of rotatable bonds is 15. The Morgan fingerprint density at radius 2 is 1.34 bits per heavy atom. The van der Waals surface area contributed by atoms with E-state index in [2.05, 4.69) is 12.2 Å². The SMILES string of the molecule is CCCCCCOCCOCCOc1ccc(C(=O)c2ccc(NC)cc2)cc1. The van der Waals surface area contributed by atoms with Crippen molar-refractivity contribution in [3.05, 3.63) is 59.7 Å². The molecule has 0 aliphatic heterocycles. The first-order chi connectivity index (χ1) is 14.2. The molecule has 2 aromatic carbocycles. The molecule has 0 amide bonds. The Balaban J connectivity index is 1.61. The lowest BCUT2D eigenvalue weighted by molar-refractivity contribution is 0.0352. The van der Waals surface area contributed by atoms with Crippen LogP contribution in [0.25, 0.3) is 0 Å². The first-order valence-electron chi connectivity index (χ1n) is 10.5. The van der Waals surface area contributed by atoms with Crippen molar-refractivity contribution in [3.8, 4) is 5.75 Å². The predicted octanol–water partition coefficient (Wildman–Crippen LogP) is 4.95. The summed E-state index contributed by atoms with van der Waals surface area (Å²) in [5, 5.41) is 3.04. The number of hydrogen-bond donors (Lipinski definition) is 1. The minimum absolute atomic E-state index is 0.00256. The molecule has 0 heterocycles. The van der Waals surface area contributed by atoms with Gasteiger partial charge in [0.2, 0.25) is 0 Å². The fourth-order valence-electron chi connectivity index (χ4n) is 2.83. The highest BCUT2D eigenvalue weighted by molar-refractivity contribution is 6.09. The Kier molecular flexibility index (Phi) is 10.9. The molecule has 0 aliphatic rings. The fourth-order valence-corrected chi connectivity index (χ4v) is 2.83. The number of nitrogens with one attached hydrogen (secondary N) is 1. The van der Waals surface area contributed by atoms with Crippen molar-refractivity contribution in [2.45, 2.75) is 32.6 Å². The quantitative estimate of drug-likeness (QED) is 0.339. The van der Waals surface area contributed by atoms with Gasteiger partial charge in [-0.3, -0.25) is 4.79 Å². The average molecular weight is 400 g/mol. The van der Waals surface area contributed by atoms with E-state index >= 15 is 0 Å². The zero-order chi connectivity index (χ0) is 20.7. The van der Waals surface area contributed by atoms with Crippen LogP contribution in [0.4, 0.5) is 5.69 Å². The molecule has 2 rings (SSSR count). The van der Waals surface area contributed by atoms with Crippen LogP contribution in [0.3, 0.4) is 0 Å². The van der Waals surface area contributed by atoms with Crippen LogP contribution in [0, 0.1) is 0 Å². The van der Waals surface area contributed by atoms with Crippen LogP contribution < -0.4 is 10.1 Å². The number of hydrogen-bond acceptors (Lipinski definition) is 5. The van der Waals surface area contributed by atoms with Crippen LogP contribution in [0.15, 0.2) is 48.5 Å². The van der Waals surface area contributed by atoms with Crippen molar-refractivity contribution < 1.29 is 19.0 Å². The van der Waals surface area contributed by atoms with Gasteiger partial charge in [-0.05, 0) is 55.0 Å². The summed E-state index contributed by atoms with van der Waals surface area (Å²) in [7, 11) is 1.85. The molecule has 0 saturated heterocycles. The summed E-state index contributed by atoms with van der Waals surface area (Å²) >= 11 is 0. The molecule has 5 nitrogen and oxygen atoms in total. The molecule has 0 spiro atoms. The maximum Gasteiger partial charge on any atom is 0.193 e. The predicted molar refractivity (Wildman–Crippen MR) is 117 cm³/mol. The molecule has 2 aromatic rings. The fraction of sp³-hybridized carbons (Fsp3) is 0.458. The minimum atomic E-state index is -0.00256. The normalized spacial score (nSPS) is 10.7. The molecule has 0 aliphatic carbocycles. The van der Waals surface area contributed by atoms with Crippen molar-refractivity contribution in [1.82, 2.24) is 0 Å². The Hall–Kier alpha value is -2.37. The van der Waals surface area contributed by atoms with Gasteiger partial charge in [-0.15, -0.1) is 0 Å². The van der Waals surface area contributed by atoms with Crippen LogP contribution in [0.5, 0.6) is 5.75 Å². The lowest BCUT2D eigenvalue weighted by atomic mass is 10.0. The second-order valence-corrected chi connectivity index (χ2v) is 6.81. The summed E-state index contributed by atoms with van der Waals surface area (Å²) in [5.74, 6) is 0.722. The van der Waals surface area contributed by atoms with Crippen molar-refractivity contribution in [2.75, 3.05) is 45.4 Å². The third-order valence-electron chi connectivity index (χ3n) is 4.56. The van der Waals surface area contributed by atoms with Gasteiger partial charge in [-0.1, -0.05) is 26.2 Å². The van der Waals surface area contributed by atoms with Gasteiger partial charge < -0.3 is 19.5 Å². The average Bonchev–Trinajstić information content (AvgIpc) is 2.77. The summed E-state index contributed by atoms with van der Waals surface area (Å²) in [5.41, 5.74) is 2.28. The largest absolute Gasteiger partial charge is 0.491 e. The zero-order valence-electron chi connectivity index (χ0n) is 17.6. The van der Waals surface area contributed by atoms with Gasteiger partial charge in [0.25, 0.3) is 0 Å². The van der Waals surface area contributed by atoms with E-state index in [0.717, 1.165) is 24.5 Å². The van der Waals surface area contributed by atoms with E-state index in [1.165, 1.54) is 19.3 Å². The minimum Gasteiger partial charge on any atom is -0.491 e. The van der Waals surface area contributed by atoms with Gasteiger partial charge in [0, 0.05) is 30.5 Å². The summed E-state index contributed by atoms with van der Waals surface area (Å²) < 4.78 is 16.7. The number of ketones is 1. The van der Waals surface area contributed by atoms with Gasteiger partial charge in [-0.25, -0.2) is 0 Å². The van der Waals surface area contributed by atoms with Crippen LogP contribution in [-0.2, 0) is 9.47 Å². The summed E-state index contributed by atoms with van der Waals surface area (Å²) in [6.07, 6.45) is 4.87. The summed E-state index contributed by atoms with van der Waals surface area (Å²) in [6.45, 7) is 5.20. The molecule has 0 unspecified atom stereocenters. The molecule has 0 radical (unpaired) electrons. The van der Waals surface area contributed by atoms with Crippen LogP contribution in [0.1, 0.15) is 48.5 Å². The van der Waals surface area contributed by atoms with Crippen LogP contribution in [-0.4, -0.2) is 45.9 Å². The first-order valence-corrected chi connectivity index (χ1v) is 10.5. The maximum atomic E-state index is 12.5. The highest BCUT2D eigenvalue weighted by atomic mass is 16.5. The Morgan fingerprint density at radius 1 is 0.759 bits per heavy atom. The third-order valence-corrected chi connectivity index (χ3v) is 4.56. The van der Waals surface area contributed by atoms with E-state index in [9.17, 15) is 4.79 Å². The van der Waals surface area contributed by atoms with E-state index in [1.54, 1.807) is 12.1 Å². The van der Waals surface area contributed by atoms with Gasteiger partial charge in [0.05, 0.1) is 19.8 Å². The Morgan fingerprint density at radius 3 is 1.97 bits per heavy atom. The third kappa shape index (κ3) is 8.67. The molecular weight excluding hydrogens is 366 g/mol. The van der Waals surface area contributed by atoms with Crippen molar-refractivity contribution in [2.24, 2.45) is 0 Å². The number of carbonyl (C=O) groups is 1. The van der Waals surface area contributed by atoms with Crippen molar-refractivity contribution >= 4 is 11.5 Å². The van der Waals surface area contributed by atoms with Gasteiger partial charge in [0.15, 0.2) is 5.78 Å². The van der Waals surface area contributed by atoms with Gasteiger partial charge in [0.1, 0.15) is 12.4 Å². The second kappa shape index (κ2) is 13.7. The van der Waals surface area contributed by atoms with E-state index in [4.69, 9.17) is 14.2 Å². The number of anilines is 1. The molecule has 5 heteroatoms. The maximum absolute atomic E-state index is 12.5. The molecule has 0 saturated carbocycles.